The SMILES string of the molecule is CC(CSCc1coc(-c2ccc(Cl)cc2)n1)C(=O)O. The molecule has 0 fully saturated rings. The minimum atomic E-state index is -0.778. The van der Waals surface area contributed by atoms with Gasteiger partial charge in [0.15, 0.2) is 0 Å². The van der Waals surface area contributed by atoms with E-state index in [9.17, 15) is 4.79 Å². The Hall–Kier alpha value is -1.46. The van der Waals surface area contributed by atoms with E-state index < -0.39 is 5.97 Å². The van der Waals surface area contributed by atoms with Gasteiger partial charge in [0.25, 0.3) is 0 Å². The molecule has 0 amide bonds. The molecule has 1 aromatic carbocycles. The number of aromatic nitrogens is 1. The first-order chi connectivity index (χ1) is 9.56. The Labute approximate surface area is 126 Å². The van der Waals surface area contributed by atoms with Crippen molar-refractivity contribution < 1.29 is 14.3 Å². The molecule has 0 saturated carbocycles. The fourth-order valence-electron chi connectivity index (χ4n) is 1.51. The summed E-state index contributed by atoms with van der Waals surface area (Å²) in [6, 6.07) is 7.25. The third-order valence-electron chi connectivity index (χ3n) is 2.68. The van der Waals surface area contributed by atoms with E-state index in [2.05, 4.69) is 4.98 Å². The monoisotopic (exact) mass is 311 g/mol. The van der Waals surface area contributed by atoms with Crippen molar-refractivity contribution in [3.05, 3.63) is 41.2 Å². The molecule has 1 aromatic heterocycles. The summed E-state index contributed by atoms with van der Waals surface area (Å²) in [6.07, 6.45) is 1.60. The minimum absolute atomic E-state index is 0.359. The van der Waals surface area contributed by atoms with Crippen LogP contribution in [0.3, 0.4) is 0 Å². The molecule has 1 atom stereocenters. The third kappa shape index (κ3) is 4.02. The number of hydrogen-bond donors (Lipinski definition) is 1. The van der Waals surface area contributed by atoms with Crippen molar-refractivity contribution >= 4 is 29.3 Å². The number of oxazole rings is 1. The molecule has 0 spiro atoms. The van der Waals surface area contributed by atoms with Crippen LogP contribution >= 0.6 is 23.4 Å². The Morgan fingerprint density at radius 1 is 1.45 bits per heavy atom. The van der Waals surface area contributed by atoms with Crippen LogP contribution in [0.5, 0.6) is 0 Å². The van der Waals surface area contributed by atoms with Crippen LogP contribution in [0.2, 0.25) is 5.02 Å². The lowest BCUT2D eigenvalue weighted by atomic mass is 10.2. The van der Waals surface area contributed by atoms with Crippen LogP contribution in [-0.2, 0) is 10.5 Å². The number of aliphatic carboxylic acids is 1. The molecule has 0 aliphatic rings. The maximum absolute atomic E-state index is 10.7. The fraction of sp³-hybridized carbons (Fsp3) is 0.286. The fourth-order valence-corrected chi connectivity index (χ4v) is 2.59. The summed E-state index contributed by atoms with van der Waals surface area (Å²) in [5, 5.41) is 9.46. The molecule has 106 valence electrons. The van der Waals surface area contributed by atoms with Gasteiger partial charge in [-0.3, -0.25) is 4.79 Å². The zero-order chi connectivity index (χ0) is 14.5. The van der Waals surface area contributed by atoms with Gasteiger partial charge in [-0.05, 0) is 24.3 Å². The predicted molar refractivity (Wildman–Crippen MR) is 79.9 cm³/mol. The third-order valence-corrected chi connectivity index (χ3v) is 4.17. The highest BCUT2D eigenvalue weighted by Gasteiger charge is 2.12. The summed E-state index contributed by atoms with van der Waals surface area (Å²) in [4.78, 5) is 15.1. The van der Waals surface area contributed by atoms with Crippen LogP contribution in [0.25, 0.3) is 11.5 Å². The molecule has 1 heterocycles. The predicted octanol–water partition coefficient (Wildman–Crippen LogP) is 3.95. The second-order valence-corrected chi connectivity index (χ2v) is 5.87. The molecule has 2 rings (SSSR count). The molecule has 2 aromatic rings. The Bertz CT molecular complexity index is 582. The van der Waals surface area contributed by atoms with E-state index in [1.54, 1.807) is 25.3 Å². The van der Waals surface area contributed by atoms with Gasteiger partial charge in [-0.15, -0.1) is 0 Å². The smallest absolute Gasteiger partial charge is 0.307 e. The number of carboxylic acids is 1. The number of benzene rings is 1. The minimum Gasteiger partial charge on any atom is -0.481 e. The maximum Gasteiger partial charge on any atom is 0.307 e. The van der Waals surface area contributed by atoms with Crippen molar-refractivity contribution in [2.24, 2.45) is 5.92 Å². The van der Waals surface area contributed by atoms with Gasteiger partial charge in [0.1, 0.15) is 6.26 Å². The molecule has 0 bridgehead atoms. The molecular weight excluding hydrogens is 298 g/mol. The van der Waals surface area contributed by atoms with E-state index in [0.717, 1.165) is 11.3 Å². The highest BCUT2D eigenvalue weighted by molar-refractivity contribution is 7.98. The molecule has 6 heteroatoms. The van der Waals surface area contributed by atoms with Gasteiger partial charge < -0.3 is 9.52 Å². The second-order valence-electron chi connectivity index (χ2n) is 4.41. The largest absolute Gasteiger partial charge is 0.481 e. The van der Waals surface area contributed by atoms with Crippen molar-refractivity contribution in [2.75, 3.05) is 5.75 Å². The highest BCUT2D eigenvalue weighted by atomic mass is 35.5. The summed E-state index contributed by atoms with van der Waals surface area (Å²) in [6.45, 7) is 1.69. The Morgan fingerprint density at radius 3 is 2.80 bits per heavy atom. The first kappa shape index (κ1) is 14.9. The van der Waals surface area contributed by atoms with E-state index in [1.807, 2.05) is 12.1 Å². The molecule has 0 saturated heterocycles. The average molecular weight is 312 g/mol. The average Bonchev–Trinajstić information content (AvgIpc) is 2.88. The number of halogens is 1. The molecule has 4 nitrogen and oxygen atoms in total. The zero-order valence-corrected chi connectivity index (χ0v) is 12.4. The Morgan fingerprint density at radius 2 is 2.15 bits per heavy atom. The van der Waals surface area contributed by atoms with Crippen LogP contribution in [0.4, 0.5) is 0 Å². The van der Waals surface area contributed by atoms with E-state index >= 15 is 0 Å². The maximum atomic E-state index is 10.7. The number of carbonyl (C=O) groups is 1. The standard InChI is InChI=1S/C14H14ClNO3S/c1-9(14(17)18)7-20-8-12-6-19-13(16-12)10-2-4-11(15)5-3-10/h2-6,9H,7-8H2,1H3,(H,17,18). The van der Waals surface area contributed by atoms with Gasteiger partial charge in [0.05, 0.1) is 11.6 Å². The van der Waals surface area contributed by atoms with Crippen LogP contribution in [-0.4, -0.2) is 21.8 Å². The molecule has 20 heavy (non-hydrogen) atoms. The first-order valence-corrected chi connectivity index (χ1v) is 7.60. The first-order valence-electron chi connectivity index (χ1n) is 6.07. The summed E-state index contributed by atoms with van der Waals surface area (Å²) >= 11 is 7.36. The molecule has 0 radical (unpaired) electrons. The van der Waals surface area contributed by atoms with Gasteiger partial charge >= 0.3 is 5.97 Å². The summed E-state index contributed by atoms with van der Waals surface area (Å²) < 4.78 is 5.41. The van der Waals surface area contributed by atoms with Gasteiger partial charge in [0, 0.05) is 22.1 Å². The van der Waals surface area contributed by atoms with E-state index in [0.29, 0.717) is 22.4 Å². The lowest BCUT2D eigenvalue weighted by Gasteiger charge is -2.03. The van der Waals surface area contributed by atoms with Crippen LogP contribution in [0.1, 0.15) is 12.6 Å². The van der Waals surface area contributed by atoms with Crippen LogP contribution in [0, 0.1) is 5.92 Å². The van der Waals surface area contributed by atoms with Crippen molar-refractivity contribution in [1.29, 1.82) is 0 Å². The molecule has 0 aliphatic carbocycles. The molecule has 0 aliphatic heterocycles. The number of rotatable bonds is 6. The number of hydrogen-bond acceptors (Lipinski definition) is 4. The molecular formula is C14H14ClNO3S. The second kappa shape index (κ2) is 6.81. The summed E-state index contributed by atoms with van der Waals surface area (Å²) in [5.74, 6) is 0.596. The van der Waals surface area contributed by atoms with Gasteiger partial charge in [-0.25, -0.2) is 4.98 Å². The summed E-state index contributed by atoms with van der Waals surface area (Å²) in [5.41, 5.74) is 1.67. The lowest BCUT2D eigenvalue weighted by Crippen LogP contribution is -2.11. The van der Waals surface area contributed by atoms with Crippen molar-refractivity contribution in [1.82, 2.24) is 4.98 Å². The van der Waals surface area contributed by atoms with E-state index in [1.165, 1.54) is 11.8 Å². The quantitative estimate of drug-likeness (QED) is 0.875. The molecule has 1 N–H and O–H groups in total. The zero-order valence-electron chi connectivity index (χ0n) is 10.9. The topological polar surface area (TPSA) is 63.3 Å². The highest BCUT2D eigenvalue weighted by Crippen LogP contribution is 2.23. The van der Waals surface area contributed by atoms with Crippen molar-refractivity contribution in [3.63, 3.8) is 0 Å². The van der Waals surface area contributed by atoms with Gasteiger partial charge in [0.2, 0.25) is 5.89 Å². The van der Waals surface area contributed by atoms with Crippen LogP contribution < -0.4 is 0 Å². The van der Waals surface area contributed by atoms with Gasteiger partial charge in [-0.2, -0.15) is 11.8 Å². The number of nitrogens with zero attached hydrogens (tertiary/aromatic N) is 1. The molecule has 1 unspecified atom stereocenters. The van der Waals surface area contributed by atoms with E-state index in [4.69, 9.17) is 21.1 Å². The van der Waals surface area contributed by atoms with E-state index in [-0.39, 0.29) is 5.92 Å². The number of thioether (sulfide) groups is 1. The normalized spacial score (nSPS) is 12.3. The van der Waals surface area contributed by atoms with Crippen molar-refractivity contribution in [3.8, 4) is 11.5 Å². The summed E-state index contributed by atoms with van der Waals surface area (Å²) in [7, 11) is 0. The van der Waals surface area contributed by atoms with Crippen molar-refractivity contribution in [2.45, 2.75) is 12.7 Å². The number of carboxylic acid groups (broad SMARTS) is 1. The van der Waals surface area contributed by atoms with Gasteiger partial charge in [-0.1, -0.05) is 18.5 Å². The Kier molecular flexibility index (Phi) is 5.09. The Balaban J connectivity index is 1.92. The van der Waals surface area contributed by atoms with Crippen LogP contribution in [0.15, 0.2) is 34.9 Å². The lowest BCUT2D eigenvalue weighted by molar-refractivity contribution is -0.140.